The first-order valence-electron chi connectivity index (χ1n) is 9.28. The Hall–Kier alpha value is -2.33. The molecule has 138 valence electrons. The molecule has 1 N–H and O–H groups in total. The van der Waals surface area contributed by atoms with Crippen LogP contribution in [0.4, 0.5) is 4.79 Å². The van der Waals surface area contributed by atoms with Gasteiger partial charge in [-0.25, -0.2) is 4.79 Å². The number of amides is 1. The van der Waals surface area contributed by atoms with Crippen molar-refractivity contribution in [2.24, 2.45) is 0 Å². The summed E-state index contributed by atoms with van der Waals surface area (Å²) in [6.45, 7) is 4.82. The van der Waals surface area contributed by atoms with Crippen LogP contribution in [0.2, 0.25) is 0 Å². The van der Waals surface area contributed by atoms with Gasteiger partial charge in [-0.05, 0) is 37.8 Å². The minimum Gasteiger partial charge on any atom is -0.438 e. The van der Waals surface area contributed by atoms with Gasteiger partial charge in [-0.1, -0.05) is 60.2 Å². The van der Waals surface area contributed by atoms with Gasteiger partial charge < -0.3 is 14.7 Å². The zero-order valence-corrected chi connectivity index (χ0v) is 15.5. The van der Waals surface area contributed by atoms with Crippen molar-refractivity contribution < 1.29 is 14.6 Å². The first-order valence-corrected chi connectivity index (χ1v) is 9.28. The summed E-state index contributed by atoms with van der Waals surface area (Å²) in [6, 6.07) is 18.1. The molecular formula is C22H27NO3. The highest BCUT2D eigenvalue weighted by molar-refractivity contribution is 5.70. The molecule has 1 heterocycles. The normalized spacial score (nSPS) is 21.3. The molecule has 26 heavy (non-hydrogen) atoms. The lowest BCUT2D eigenvalue weighted by molar-refractivity contribution is -0.0680. The predicted octanol–water partition coefficient (Wildman–Crippen LogP) is 4.57. The maximum atomic E-state index is 12.9. The van der Waals surface area contributed by atoms with Crippen molar-refractivity contribution >= 4 is 6.09 Å². The average molecular weight is 353 g/mol. The molecule has 4 nitrogen and oxygen atoms in total. The molecule has 1 saturated heterocycles. The maximum absolute atomic E-state index is 12.9. The highest BCUT2D eigenvalue weighted by atomic mass is 16.6. The highest BCUT2D eigenvalue weighted by Crippen LogP contribution is 2.40. The van der Waals surface area contributed by atoms with Gasteiger partial charge in [0.05, 0.1) is 6.04 Å². The largest absolute Gasteiger partial charge is 0.438 e. The van der Waals surface area contributed by atoms with Crippen molar-refractivity contribution in [2.45, 2.75) is 44.8 Å². The van der Waals surface area contributed by atoms with E-state index in [1.807, 2.05) is 37.3 Å². The van der Waals surface area contributed by atoms with Crippen LogP contribution in [0.1, 0.15) is 48.9 Å². The predicted molar refractivity (Wildman–Crippen MR) is 102 cm³/mol. The smallest absolute Gasteiger partial charge is 0.411 e. The molecule has 0 aliphatic carbocycles. The van der Waals surface area contributed by atoms with Crippen molar-refractivity contribution in [3.8, 4) is 0 Å². The third kappa shape index (κ3) is 3.75. The Morgan fingerprint density at radius 1 is 1.15 bits per heavy atom. The molecule has 1 unspecified atom stereocenters. The maximum Gasteiger partial charge on any atom is 0.411 e. The quantitative estimate of drug-likeness (QED) is 0.828. The van der Waals surface area contributed by atoms with Crippen LogP contribution in [-0.2, 0) is 10.3 Å². The number of aryl methyl sites for hydroxylation is 1. The Morgan fingerprint density at radius 3 is 2.46 bits per heavy atom. The number of carbonyl (C=O) groups is 1. The Balaban J connectivity index is 1.80. The lowest BCUT2D eigenvalue weighted by atomic mass is 9.84. The van der Waals surface area contributed by atoms with E-state index in [4.69, 9.17) is 4.74 Å². The number of carbonyl (C=O) groups excluding carboxylic acids is 1. The van der Waals surface area contributed by atoms with E-state index in [2.05, 4.69) is 31.2 Å². The van der Waals surface area contributed by atoms with Gasteiger partial charge in [0, 0.05) is 19.6 Å². The molecule has 0 bridgehead atoms. The fourth-order valence-electron chi connectivity index (χ4n) is 3.68. The zero-order valence-electron chi connectivity index (χ0n) is 15.5. The summed E-state index contributed by atoms with van der Waals surface area (Å²) in [5, 5.41) is 9.28. The van der Waals surface area contributed by atoms with Gasteiger partial charge in [-0.3, -0.25) is 0 Å². The standard InChI is InChI=1S/C22H27NO3/c1-17-9-11-19(12-10-17)18(2)23-15-14-22(13-6-16-24,26-21(23)25)20-7-4-3-5-8-20/h3-5,7-12,18,24H,6,13-16H2,1-2H3/t18-,22?/m0/s1. The molecule has 1 aliphatic heterocycles. The molecule has 0 saturated carbocycles. The summed E-state index contributed by atoms with van der Waals surface area (Å²) in [5.74, 6) is 0. The topological polar surface area (TPSA) is 49.8 Å². The molecule has 4 heteroatoms. The van der Waals surface area contributed by atoms with Crippen molar-refractivity contribution in [2.75, 3.05) is 13.2 Å². The first kappa shape index (κ1) is 18.5. The van der Waals surface area contributed by atoms with Crippen molar-refractivity contribution in [3.05, 3.63) is 71.3 Å². The van der Waals surface area contributed by atoms with E-state index in [0.29, 0.717) is 19.4 Å². The molecule has 0 aromatic heterocycles. The molecule has 0 spiro atoms. The lowest BCUT2D eigenvalue weighted by Crippen LogP contribution is -2.48. The summed E-state index contributed by atoms with van der Waals surface area (Å²) >= 11 is 0. The number of aliphatic hydroxyl groups excluding tert-OH is 1. The number of cyclic esters (lactones) is 1. The van der Waals surface area contributed by atoms with Crippen LogP contribution in [0, 0.1) is 6.92 Å². The second-order valence-electron chi connectivity index (χ2n) is 7.09. The molecule has 2 aromatic rings. The summed E-state index contributed by atoms with van der Waals surface area (Å²) in [7, 11) is 0. The number of rotatable bonds is 6. The fourth-order valence-corrected chi connectivity index (χ4v) is 3.68. The SMILES string of the molecule is Cc1ccc([C@H](C)N2CCC(CCCO)(c3ccccc3)OC2=O)cc1. The van der Waals surface area contributed by atoms with Gasteiger partial charge in [-0.15, -0.1) is 0 Å². The molecule has 1 fully saturated rings. The molecular weight excluding hydrogens is 326 g/mol. The number of nitrogens with zero attached hydrogens (tertiary/aromatic N) is 1. The second-order valence-corrected chi connectivity index (χ2v) is 7.09. The lowest BCUT2D eigenvalue weighted by Gasteiger charge is -2.43. The van der Waals surface area contributed by atoms with Crippen LogP contribution in [0.15, 0.2) is 54.6 Å². The highest BCUT2D eigenvalue weighted by Gasteiger charge is 2.43. The Bertz CT molecular complexity index is 729. The van der Waals surface area contributed by atoms with Crippen LogP contribution in [0.25, 0.3) is 0 Å². The van der Waals surface area contributed by atoms with Gasteiger partial charge in [0.1, 0.15) is 5.60 Å². The summed E-state index contributed by atoms with van der Waals surface area (Å²) in [4.78, 5) is 14.7. The minimum absolute atomic E-state index is 0.0327. The summed E-state index contributed by atoms with van der Waals surface area (Å²) < 4.78 is 6.02. The zero-order chi connectivity index (χ0) is 18.6. The van der Waals surface area contributed by atoms with E-state index in [-0.39, 0.29) is 18.7 Å². The van der Waals surface area contributed by atoms with Crippen molar-refractivity contribution in [3.63, 3.8) is 0 Å². The van der Waals surface area contributed by atoms with Crippen LogP contribution >= 0.6 is 0 Å². The van der Waals surface area contributed by atoms with Crippen LogP contribution < -0.4 is 0 Å². The van der Waals surface area contributed by atoms with Crippen LogP contribution in [-0.4, -0.2) is 29.3 Å². The van der Waals surface area contributed by atoms with E-state index in [0.717, 1.165) is 17.5 Å². The van der Waals surface area contributed by atoms with Crippen LogP contribution in [0.5, 0.6) is 0 Å². The monoisotopic (exact) mass is 353 g/mol. The number of benzene rings is 2. The van der Waals surface area contributed by atoms with Crippen molar-refractivity contribution in [1.82, 2.24) is 4.90 Å². The molecule has 1 aliphatic rings. The van der Waals surface area contributed by atoms with E-state index < -0.39 is 5.60 Å². The van der Waals surface area contributed by atoms with E-state index in [9.17, 15) is 9.90 Å². The molecule has 2 aromatic carbocycles. The van der Waals surface area contributed by atoms with Gasteiger partial charge in [0.2, 0.25) is 0 Å². The Kier molecular flexibility index (Phi) is 5.62. The molecule has 2 atom stereocenters. The third-order valence-electron chi connectivity index (χ3n) is 5.34. The minimum atomic E-state index is -0.648. The fraction of sp³-hybridized carbons (Fsp3) is 0.409. The van der Waals surface area contributed by atoms with E-state index in [1.165, 1.54) is 5.56 Å². The van der Waals surface area contributed by atoms with Crippen LogP contribution in [0.3, 0.4) is 0 Å². The van der Waals surface area contributed by atoms with Gasteiger partial charge >= 0.3 is 6.09 Å². The summed E-state index contributed by atoms with van der Waals surface area (Å²) in [6.07, 6.45) is 1.67. The molecule has 3 rings (SSSR count). The molecule has 1 amide bonds. The Labute approximate surface area is 155 Å². The van der Waals surface area contributed by atoms with Crippen molar-refractivity contribution in [1.29, 1.82) is 0 Å². The third-order valence-corrected chi connectivity index (χ3v) is 5.34. The summed E-state index contributed by atoms with van der Waals surface area (Å²) in [5.41, 5.74) is 2.67. The number of aliphatic hydroxyl groups is 1. The van der Waals surface area contributed by atoms with Gasteiger partial charge in [0.25, 0.3) is 0 Å². The van der Waals surface area contributed by atoms with Gasteiger partial charge in [0.15, 0.2) is 0 Å². The average Bonchev–Trinajstić information content (AvgIpc) is 2.67. The van der Waals surface area contributed by atoms with E-state index in [1.54, 1.807) is 4.90 Å². The number of hydrogen-bond acceptors (Lipinski definition) is 3. The first-order chi connectivity index (χ1) is 12.6. The Morgan fingerprint density at radius 2 is 1.85 bits per heavy atom. The molecule has 0 radical (unpaired) electrons. The second kappa shape index (κ2) is 7.92. The van der Waals surface area contributed by atoms with Gasteiger partial charge in [-0.2, -0.15) is 0 Å². The van der Waals surface area contributed by atoms with E-state index >= 15 is 0 Å². The number of ether oxygens (including phenoxy) is 1. The number of hydrogen-bond donors (Lipinski definition) is 1.